The second-order valence-electron chi connectivity index (χ2n) is 5.14. The number of pyridine rings is 1. The van der Waals surface area contributed by atoms with E-state index >= 15 is 0 Å². The number of aromatic nitrogens is 1. The summed E-state index contributed by atoms with van der Waals surface area (Å²) >= 11 is 0. The summed E-state index contributed by atoms with van der Waals surface area (Å²) in [7, 11) is 3.46. The Hall–Kier alpha value is -1.09. The molecule has 0 amide bonds. The van der Waals surface area contributed by atoms with Gasteiger partial charge in [0.05, 0.1) is 0 Å². The van der Waals surface area contributed by atoms with E-state index in [9.17, 15) is 4.79 Å². The third-order valence-electron chi connectivity index (χ3n) is 3.41. The maximum atomic E-state index is 11.7. The number of aryl methyl sites for hydroxylation is 1. The van der Waals surface area contributed by atoms with Crippen LogP contribution in [0.25, 0.3) is 0 Å². The number of guanidine groups is 1. The van der Waals surface area contributed by atoms with Gasteiger partial charge in [0.2, 0.25) is 0 Å². The topological polar surface area (TPSA) is 67.7 Å². The first-order chi connectivity index (χ1) is 10.7. The van der Waals surface area contributed by atoms with Crippen LogP contribution in [-0.2, 0) is 11.3 Å². The monoisotopic (exact) mass is 436 g/mol. The Balaban J connectivity index is 0.00000484. The Labute approximate surface area is 155 Å². The molecule has 0 spiro atoms. The number of unbranched alkanes of at least 4 members (excludes halogenated alkanes) is 1. The molecule has 0 aliphatic rings. The molecule has 0 saturated carbocycles. The SMILES string of the molecule is CN=C(NCCCCn1c(C)cccc1=O)NCCCOC.I. The van der Waals surface area contributed by atoms with Gasteiger partial charge in [0.15, 0.2) is 5.96 Å². The van der Waals surface area contributed by atoms with Crippen LogP contribution in [0.4, 0.5) is 0 Å². The van der Waals surface area contributed by atoms with Crippen LogP contribution in [0.2, 0.25) is 0 Å². The van der Waals surface area contributed by atoms with Gasteiger partial charge in [-0.25, -0.2) is 0 Å². The molecule has 132 valence electrons. The van der Waals surface area contributed by atoms with Gasteiger partial charge in [-0.15, -0.1) is 24.0 Å². The van der Waals surface area contributed by atoms with Gasteiger partial charge in [-0.05, 0) is 32.3 Å². The third-order valence-corrected chi connectivity index (χ3v) is 3.41. The first-order valence-electron chi connectivity index (χ1n) is 7.79. The lowest BCUT2D eigenvalue weighted by molar-refractivity contribution is 0.195. The lowest BCUT2D eigenvalue weighted by Gasteiger charge is -2.12. The molecule has 0 unspecified atom stereocenters. The number of halogens is 1. The Kier molecular flexibility index (Phi) is 12.7. The highest BCUT2D eigenvalue weighted by Crippen LogP contribution is 1.97. The molecule has 1 rings (SSSR count). The zero-order valence-corrected chi connectivity index (χ0v) is 16.6. The minimum Gasteiger partial charge on any atom is -0.385 e. The summed E-state index contributed by atoms with van der Waals surface area (Å²) in [6.07, 6.45) is 2.89. The zero-order chi connectivity index (χ0) is 16.2. The van der Waals surface area contributed by atoms with E-state index in [4.69, 9.17) is 4.74 Å². The first kappa shape index (κ1) is 21.9. The predicted octanol–water partition coefficient (Wildman–Crippen LogP) is 1.76. The van der Waals surface area contributed by atoms with E-state index in [1.54, 1.807) is 26.3 Å². The van der Waals surface area contributed by atoms with Gasteiger partial charge in [-0.2, -0.15) is 0 Å². The third kappa shape index (κ3) is 8.95. The average Bonchev–Trinajstić information content (AvgIpc) is 2.51. The maximum Gasteiger partial charge on any atom is 0.250 e. The van der Waals surface area contributed by atoms with Crippen molar-refractivity contribution in [1.29, 1.82) is 0 Å². The summed E-state index contributed by atoms with van der Waals surface area (Å²) in [5, 5.41) is 6.51. The molecule has 0 saturated heterocycles. The van der Waals surface area contributed by atoms with Crippen LogP contribution in [0.5, 0.6) is 0 Å². The molecule has 0 bridgehead atoms. The minimum atomic E-state index is 0. The molecule has 0 radical (unpaired) electrons. The molecule has 2 N–H and O–H groups in total. The van der Waals surface area contributed by atoms with E-state index in [0.29, 0.717) is 0 Å². The van der Waals surface area contributed by atoms with Gasteiger partial charge >= 0.3 is 0 Å². The van der Waals surface area contributed by atoms with Gasteiger partial charge in [0.25, 0.3) is 5.56 Å². The number of aliphatic imine (C=N–C) groups is 1. The zero-order valence-electron chi connectivity index (χ0n) is 14.3. The van der Waals surface area contributed by atoms with Gasteiger partial charge in [0, 0.05) is 52.2 Å². The molecule has 0 aliphatic heterocycles. The molecule has 23 heavy (non-hydrogen) atoms. The van der Waals surface area contributed by atoms with Gasteiger partial charge < -0.3 is 19.9 Å². The summed E-state index contributed by atoms with van der Waals surface area (Å²) in [4.78, 5) is 15.9. The molecule has 7 heteroatoms. The first-order valence-corrected chi connectivity index (χ1v) is 7.79. The fourth-order valence-corrected chi connectivity index (χ4v) is 2.16. The second kappa shape index (κ2) is 13.4. The molecule has 0 atom stereocenters. The van der Waals surface area contributed by atoms with Crippen molar-refractivity contribution in [3.63, 3.8) is 0 Å². The number of nitrogens with one attached hydrogen (secondary N) is 2. The maximum absolute atomic E-state index is 11.7. The molecule has 0 aliphatic carbocycles. The highest BCUT2D eigenvalue weighted by molar-refractivity contribution is 14.0. The standard InChI is InChI=1S/C16H28N4O2.HI/c1-14-8-6-9-15(21)20(14)12-5-4-10-18-16(17-2)19-11-7-13-22-3;/h6,8-9H,4-5,7,10-13H2,1-3H3,(H2,17,18,19);1H. The Bertz CT molecular complexity index is 517. The minimum absolute atomic E-state index is 0. The predicted molar refractivity (Wildman–Crippen MR) is 106 cm³/mol. The van der Waals surface area contributed by atoms with Crippen molar-refractivity contribution in [3.05, 3.63) is 34.2 Å². The number of nitrogens with zero attached hydrogens (tertiary/aromatic N) is 2. The summed E-state index contributed by atoms with van der Waals surface area (Å²) < 4.78 is 6.82. The summed E-state index contributed by atoms with van der Waals surface area (Å²) in [6.45, 7) is 5.14. The van der Waals surface area contributed by atoms with Crippen LogP contribution in [0.1, 0.15) is 25.0 Å². The number of rotatable bonds is 9. The Morgan fingerprint density at radius 2 is 1.91 bits per heavy atom. The molecular formula is C16H29IN4O2. The molecule has 1 aromatic rings. The number of hydrogen-bond donors (Lipinski definition) is 2. The highest BCUT2D eigenvalue weighted by Gasteiger charge is 2.00. The van der Waals surface area contributed by atoms with Crippen LogP contribution >= 0.6 is 24.0 Å². The normalized spacial score (nSPS) is 11.0. The van der Waals surface area contributed by atoms with Crippen molar-refractivity contribution in [3.8, 4) is 0 Å². The average molecular weight is 436 g/mol. The van der Waals surface area contributed by atoms with E-state index in [1.807, 2.05) is 17.6 Å². The summed E-state index contributed by atoms with van der Waals surface area (Å²) in [5.74, 6) is 0.809. The van der Waals surface area contributed by atoms with Gasteiger partial charge in [-0.3, -0.25) is 9.79 Å². The fraction of sp³-hybridized carbons (Fsp3) is 0.625. The molecule has 0 fully saturated rings. The van der Waals surface area contributed by atoms with Crippen molar-refractivity contribution in [2.75, 3.05) is 33.9 Å². The van der Waals surface area contributed by atoms with E-state index in [2.05, 4.69) is 15.6 Å². The molecular weight excluding hydrogens is 407 g/mol. The molecule has 1 aromatic heterocycles. The van der Waals surface area contributed by atoms with Gasteiger partial charge in [0.1, 0.15) is 0 Å². The van der Waals surface area contributed by atoms with E-state index < -0.39 is 0 Å². The van der Waals surface area contributed by atoms with Crippen LogP contribution in [0.15, 0.2) is 28.0 Å². The van der Waals surface area contributed by atoms with Crippen LogP contribution in [0.3, 0.4) is 0 Å². The Morgan fingerprint density at radius 3 is 2.52 bits per heavy atom. The highest BCUT2D eigenvalue weighted by atomic mass is 127. The van der Waals surface area contributed by atoms with Crippen molar-refractivity contribution in [2.45, 2.75) is 32.7 Å². The number of hydrogen-bond acceptors (Lipinski definition) is 3. The van der Waals surface area contributed by atoms with Crippen LogP contribution in [-0.4, -0.2) is 44.4 Å². The molecule has 0 aromatic carbocycles. The van der Waals surface area contributed by atoms with E-state index in [0.717, 1.165) is 57.2 Å². The Morgan fingerprint density at radius 1 is 1.22 bits per heavy atom. The van der Waals surface area contributed by atoms with Crippen LogP contribution < -0.4 is 16.2 Å². The molecule has 6 nitrogen and oxygen atoms in total. The lowest BCUT2D eigenvalue weighted by Crippen LogP contribution is -2.38. The number of methoxy groups -OCH3 is 1. The van der Waals surface area contributed by atoms with Crippen molar-refractivity contribution in [1.82, 2.24) is 15.2 Å². The lowest BCUT2D eigenvalue weighted by atomic mass is 10.3. The van der Waals surface area contributed by atoms with E-state index in [-0.39, 0.29) is 29.5 Å². The van der Waals surface area contributed by atoms with Crippen LogP contribution in [0, 0.1) is 6.92 Å². The van der Waals surface area contributed by atoms with Crippen molar-refractivity contribution >= 4 is 29.9 Å². The summed E-state index contributed by atoms with van der Waals surface area (Å²) in [5.41, 5.74) is 1.08. The van der Waals surface area contributed by atoms with Gasteiger partial charge in [-0.1, -0.05) is 6.07 Å². The quantitative estimate of drug-likeness (QED) is 0.268. The van der Waals surface area contributed by atoms with Crippen molar-refractivity contribution < 1.29 is 4.74 Å². The second-order valence-corrected chi connectivity index (χ2v) is 5.14. The fourth-order valence-electron chi connectivity index (χ4n) is 2.16. The molecule has 1 heterocycles. The smallest absolute Gasteiger partial charge is 0.250 e. The summed E-state index contributed by atoms with van der Waals surface area (Å²) in [6, 6.07) is 5.37. The largest absolute Gasteiger partial charge is 0.385 e. The van der Waals surface area contributed by atoms with E-state index in [1.165, 1.54) is 0 Å². The number of ether oxygens (including phenoxy) is 1. The van der Waals surface area contributed by atoms with Crippen molar-refractivity contribution in [2.24, 2.45) is 4.99 Å².